The molecule has 0 saturated heterocycles. The Morgan fingerprint density at radius 2 is 1.88 bits per heavy atom. The molecule has 0 spiro atoms. The molecular weight excluding hydrogens is 314 g/mol. The molecule has 0 radical (unpaired) electrons. The van der Waals surface area contributed by atoms with Gasteiger partial charge in [-0.25, -0.2) is 0 Å². The summed E-state index contributed by atoms with van der Waals surface area (Å²) in [6.07, 6.45) is -0.634. The van der Waals surface area contributed by atoms with Gasteiger partial charge in [0, 0.05) is 11.3 Å². The summed E-state index contributed by atoms with van der Waals surface area (Å²) >= 11 is 0. The molecule has 0 unspecified atom stereocenters. The Morgan fingerprint density at radius 1 is 1.12 bits per heavy atom. The number of amides is 1. The summed E-state index contributed by atoms with van der Waals surface area (Å²) in [7, 11) is 0. The third kappa shape index (κ3) is 3.88. The molecule has 25 heavy (non-hydrogen) atoms. The lowest BCUT2D eigenvalue weighted by Crippen LogP contribution is -2.30. The van der Waals surface area contributed by atoms with Gasteiger partial charge in [0.05, 0.1) is 0 Å². The molecule has 1 aromatic heterocycles. The Labute approximate surface area is 147 Å². The monoisotopic (exact) mass is 335 g/mol. The SMILES string of the molecule is Cc1cccc(-c2c(NC(=O)[C@H](C)Oc3ccccc3)n[nH]c2C)c1. The lowest BCUT2D eigenvalue weighted by molar-refractivity contribution is -0.122. The van der Waals surface area contributed by atoms with Gasteiger partial charge in [-0.1, -0.05) is 48.0 Å². The van der Waals surface area contributed by atoms with Gasteiger partial charge in [0.1, 0.15) is 5.75 Å². The number of carbonyl (C=O) groups is 1. The minimum atomic E-state index is -0.634. The van der Waals surface area contributed by atoms with Crippen molar-refractivity contribution in [3.05, 3.63) is 65.9 Å². The van der Waals surface area contributed by atoms with Crippen molar-refractivity contribution in [2.24, 2.45) is 0 Å². The minimum Gasteiger partial charge on any atom is -0.481 e. The number of benzene rings is 2. The first-order chi connectivity index (χ1) is 12.0. The smallest absolute Gasteiger partial charge is 0.266 e. The molecule has 1 atom stereocenters. The molecule has 2 aromatic carbocycles. The van der Waals surface area contributed by atoms with E-state index in [-0.39, 0.29) is 5.91 Å². The van der Waals surface area contributed by atoms with Crippen LogP contribution in [0.1, 0.15) is 18.2 Å². The molecule has 5 nitrogen and oxygen atoms in total. The fraction of sp³-hybridized carbons (Fsp3) is 0.200. The first kappa shape index (κ1) is 16.8. The number of H-pyrrole nitrogens is 1. The van der Waals surface area contributed by atoms with Crippen LogP contribution in [0.3, 0.4) is 0 Å². The van der Waals surface area contributed by atoms with Crippen molar-refractivity contribution in [2.75, 3.05) is 5.32 Å². The Morgan fingerprint density at radius 3 is 2.60 bits per heavy atom. The Kier molecular flexibility index (Phi) is 4.84. The highest BCUT2D eigenvalue weighted by molar-refractivity contribution is 5.97. The average molecular weight is 335 g/mol. The van der Waals surface area contributed by atoms with Gasteiger partial charge in [-0.3, -0.25) is 9.89 Å². The zero-order valence-corrected chi connectivity index (χ0v) is 14.5. The van der Waals surface area contributed by atoms with Crippen LogP contribution in [0, 0.1) is 13.8 Å². The molecule has 1 amide bonds. The van der Waals surface area contributed by atoms with Gasteiger partial charge >= 0.3 is 0 Å². The minimum absolute atomic E-state index is 0.246. The average Bonchev–Trinajstić information content (AvgIpc) is 2.96. The van der Waals surface area contributed by atoms with Crippen LogP contribution in [0.15, 0.2) is 54.6 Å². The lowest BCUT2D eigenvalue weighted by Gasteiger charge is -2.14. The summed E-state index contributed by atoms with van der Waals surface area (Å²) in [5.74, 6) is 0.920. The molecule has 2 N–H and O–H groups in total. The van der Waals surface area contributed by atoms with Crippen molar-refractivity contribution < 1.29 is 9.53 Å². The fourth-order valence-corrected chi connectivity index (χ4v) is 2.65. The highest BCUT2D eigenvalue weighted by Crippen LogP contribution is 2.30. The van der Waals surface area contributed by atoms with Crippen LogP contribution in [0.4, 0.5) is 5.82 Å². The van der Waals surface area contributed by atoms with Crippen molar-refractivity contribution in [3.8, 4) is 16.9 Å². The molecule has 0 aliphatic rings. The van der Waals surface area contributed by atoms with Crippen LogP contribution in [-0.4, -0.2) is 22.2 Å². The number of para-hydroxylation sites is 1. The molecule has 3 aromatic rings. The maximum Gasteiger partial charge on any atom is 0.266 e. The molecule has 0 aliphatic heterocycles. The van der Waals surface area contributed by atoms with Crippen LogP contribution in [0.25, 0.3) is 11.1 Å². The summed E-state index contributed by atoms with van der Waals surface area (Å²) < 4.78 is 5.67. The number of anilines is 1. The number of hydrogen-bond donors (Lipinski definition) is 2. The fourth-order valence-electron chi connectivity index (χ4n) is 2.65. The number of aromatic amines is 1. The van der Waals surface area contributed by atoms with Gasteiger partial charge in [0.25, 0.3) is 5.91 Å². The Bertz CT molecular complexity index is 872. The molecule has 128 valence electrons. The third-order valence-electron chi connectivity index (χ3n) is 3.92. The molecule has 0 saturated carbocycles. The number of hydrogen-bond acceptors (Lipinski definition) is 3. The molecule has 5 heteroatoms. The van der Waals surface area contributed by atoms with E-state index in [1.54, 1.807) is 6.92 Å². The van der Waals surface area contributed by atoms with Crippen molar-refractivity contribution in [1.29, 1.82) is 0 Å². The second-order valence-corrected chi connectivity index (χ2v) is 6.00. The zero-order valence-electron chi connectivity index (χ0n) is 14.5. The van der Waals surface area contributed by atoms with E-state index in [1.165, 1.54) is 0 Å². The van der Waals surface area contributed by atoms with Crippen molar-refractivity contribution >= 4 is 11.7 Å². The Balaban J connectivity index is 1.78. The van der Waals surface area contributed by atoms with E-state index in [9.17, 15) is 4.79 Å². The van der Waals surface area contributed by atoms with Crippen molar-refractivity contribution in [1.82, 2.24) is 10.2 Å². The highest BCUT2D eigenvalue weighted by atomic mass is 16.5. The highest BCUT2D eigenvalue weighted by Gasteiger charge is 2.20. The number of carbonyl (C=O) groups excluding carboxylic acids is 1. The van der Waals surface area contributed by atoms with Gasteiger partial charge in [-0.05, 0) is 38.5 Å². The summed E-state index contributed by atoms with van der Waals surface area (Å²) in [4.78, 5) is 12.5. The van der Waals surface area contributed by atoms with Crippen LogP contribution in [0.2, 0.25) is 0 Å². The number of rotatable bonds is 5. The summed E-state index contributed by atoms with van der Waals surface area (Å²) in [5, 5.41) is 10.0. The first-order valence-corrected chi connectivity index (χ1v) is 8.19. The third-order valence-corrected chi connectivity index (χ3v) is 3.92. The van der Waals surface area contributed by atoms with Crippen molar-refractivity contribution in [3.63, 3.8) is 0 Å². The van der Waals surface area contributed by atoms with E-state index in [4.69, 9.17) is 4.74 Å². The zero-order chi connectivity index (χ0) is 17.8. The van der Waals surface area contributed by atoms with Crippen LogP contribution >= 0.6 is 0 Å². The molecule has 0 bridgehead atoms. The molecular formula is C20H21N3O2. The largest absolute Gasteiger partial charge is 0.481 e. The number of nitrogens with zero attached hydrogens (tertiary/aromatic N) is 1. The van der Waals surface area contributed by atoms with Gasteiger partial charge in [-0.15, -0.1) is 0 Å². The quantitative estimate of drug-likeness (QED) is 0.738. The van der Waals surface area contributed by atoms with E-state index in [2.05, 4.69) is 21.6 Å². The van der Waals surface area contributed by atoms with Crippen LogP contribution in [-0.2, 0) is 4.79 Å². The van der Waals surface area contributed by atoms with Crippen LogP contribution in [0.5, 0.6) is 5.75 Å². The van der Waals surface area contributed by atoms with Crippen LogP contribution < -0.4 is 10.1 Å². The second kappa shape index (κ2) is 7.21. The van der Waals surface area contributed by atoms with E-state index >= 15 is 0 Å². The summed E-state index contributed by atoms with van der Waals surface area (Å²) in [6.45, 7) is 5.69. The Hall–Kier alpha value is -3.08. The maximum absolute atomic E-state index is 12.5. The molecule has 0 aliphatic carbocycles. The van der Waals surface area contributed by atoms with E-state index in [1.807, 2.05) is 62.4 Å². The van der Waals surface area contributed by atoms with E-state index in [0.29, 0.717) is 11.6 Å². The number of aryl methyl sites for hydroxylation is 2. The molecule has 3 rings (SSSR count). The van der Waals surface area contributed by atoms with Gasteiger partial charge < -0.3 is 10.1 Å². The number of ether oxygens (including phenoxy) is 1. The predicted octanol–water partition coefficient (Wildman–Crippen LogP) is 4.10. The number of aromatic nitrogens is 2. The van der Waals surface area contributed by atoms with E-state index < -0.39 is 6.10 Å². The summed E-state index contributed by atoms with van der Waals surface area (Å²) in [5.41, 5.74) is 3.95. The van der Waals surface area contributed by atoms with E-state index in [0.717, 1.165) is 22.4 Å². The molecule has 1 heterocycles. The second-order valence-electron chi connectivity index (χ2n) is 6.00. The predicted molar refractivity (Wildman–Crippen MR) is 98.7 cm³/mol. The normalized spacial score (nSPS) is 11.8. The summed E-state index contributed by atoms with van der Waals surface area (Å²) in [6, 6.07) is 17.4. The number of nitrogens with one attached hydrogen (secondary N) is 2. The standard InChI is InChI=1S/C20H21N3O2/c1-13-8-7-9-16(12-13)18-14(2)22-23-19(18)21-20(24)15(3)25-17-10-5-4-6-11-17/h4-12,15H,1-3H3,(H2,21,22,23,24)/t15-/m0/s1. The van der Waals surface area contributed by atoms with Gasteiger partial charge in [0.15, 0.2) is 11.9 Å². The van der Waals surface area contributed by atoms with Gasteiger partial charge in [0.2, 0.25) is 0 Å². The first-order valence-electron chi connectivity index (χ1n) is 8.19. The van der Waals surface area contributed by atoms with Crippen molar-refractivity contribution in [2.45, 2.75) is 26.9 Å². The topological polar surface area (TPSA) is 67.0 Å². The van der Waals surface area contributed by atoms with Gasteiger partial charge in [-0.2, -0.15) is 5.10 Å². The molecule has 0 fully saturated rings. The maximum atomic E-state index is 12.5. The lowest BCUT2D eigenvalue weighted by atomic mass is 10.0.